The lowest BCUT2D eigenvalue weighted by Crippen LogP contribution is -2.07. The lowest BCUT2D eigenvalue weighted by molar-refractivity contribution is 0.209. The Hall–Kier alpha value is -2.83. The summed E-state index contributed by atoms with van der Waals surface area (Å²) in [4.78, 5) is 14.3. The molecule has 0 saturated carbocycles. The van der Waals surface area contributed by atoms with Crippen LogP contribution in [0.4, 0.5) is 20.6 Å². The first-order valence-corrected chi connectivity index (χ1v) is 5.23. The summed E-state index contributed by atoms with van der Waals surface area (Å²) >= 11 is 0. The third-order valence-corrected chi connectivity index (χ3v) is 2.16. The highest BCUT2D eigenvalue weighted by Crippen LogP contribution is 2.26. The Morgan fingerprint density at radius 2 is 2.16 bits per heavy atom. The fourth-order valence-electron chi connectivity index (χ4n) is 1.35. The predicted molar refractivity (Wildman–Crippen MR) is 66.8 cm³/mol. The van der Waals surface area contributed by atoms with Gasteiger partial charge in [0.2, 0.25) is 5.88 Å². The summed E-state index contributed by atoms with van der Waals surface area (Å²) < 4.78 is 18.7. The van der Waals surface area contributed by atoms with Crippen LogP contribution in [-0.2, 0) is 0 Å². The molecule has 0 radical (unpaired) electrons. The number of nitrogens with two attached hydrogens (primary N) is 1. The first kappa shape index (κ1) is 12.6. The summed E-state index contributed by atoms with van der Waals surface area (Å²) in [6.45, 7) is 0. The zero-order chi connectivity index (χ0) is 13.8. The van der Waals surface area contributed by atoms with Gasteiger partial charge in [-0.2, -0.15) is 0 Å². The molecule has 1 aromatic carbocycles. The van der Waals surface area contributed by atoms with E-state index in [1.54, 1.807) is 6.07 Å². The van der Waals surface area contributed by atoms with Gasteiger partial charge in [-0.25, -0.2) is 14.2 Å². The van der Waals surface area contributed by atoms with Crippen LogP contribution in [0.3, 0.4) is 0 Å². The van der Waals surface area contributed by atoms with E-state index >= 15 is 0 Å². The first-order chi connectivity index (χ1) is 9.04. The van der Waals surface area contributed by atoms with Gasteiger partial charge in [0, 0.05) is 17.8 Å². The number of anilines is 2. The van der Waals surface area contributed by atoms with Crippen molar-refractivity contribution in [3.05, 3.63) is 42.3 Å². The monoisotopic (exact) mass is 263 g/mol. The third-order valence-electron chi connectivity index (χ3n) is 2.16. The fourth-order valence-corrected chi connectivity index (χ4v) is 1.35. The highest BCUT2D eigenvalue weighted by Gasteiger charge is 2.08. The molecule has 1 amide bonds. The molecule has 0 bridgehead atoms. The molecule has 4 N–H and O–H groups in total. The van der Waals surface area contributed by atoms with Crippen LogP contribution in [0.5, 0.6) is 11.6 Å². The van der Waals surface area contributed by atoms with Crippen LogP contribution >= 0.6 is 0 Å². The molecule has 19 heavy (non-hydrogen) atoms. The molecule has 0 atom stereocenters. The summed E-state index contributed by atoms with van der Waals surface area (Å²) in [7, 11) is 0. The Bertz CT molecular complexity index is 602. The Morgan fingerprint density at radius 3 is 2.79 bits per heavy atom. The summed E-state index contributed by atoms with van der Waals surface area (Å²) in [5, 5.41) is 10.7. The summed E-state index contributed by atoms with van der Waals surface area (Å²) in [6.07, 6.45) is 0.121. The van der Waals surface area contributed by atoms with E-state index in [0.717, 1.165) is 6.07 Å². The lowest BCUT2D eigenvalue weighted by atomic mass is 10.3. The van der Waals surface area contributed by atoms with Gasteiger partial charge in [-0.3, -0.25) is 5.32 Å². The molecular weight excluding hydrogens is 253 g/mol. The molecule has 6 nitrogen and oxygen atoms in total. The van der Waals surface area contributed by atoms with Gasteiger partial charge in [-0.05, 0) is 18.2 Å². The highest BCUT2D eigenvalue weighted by atomic mass is 19.1. The molecule has 7 heteroatoms. The van der Waals surface area contributed by atoms with Crippen LogP contribution in [0.15, 0.2) is 36.5 Å². The lowest BCUT2D eigenvalue weighted by Gasteiger charge is -2.08. The normalized spacial score (nSPS) is 9.95. The van der Waals surface area contributed by atoms with Crippen molar-refractivity contribution in [2.45, 2.75) is 0 Å². The topological polar surface area (TPSA) is 97.5 Å². The van der Waals surface area contributed by atoms with Crippen molar-refractivity contribution in [1.29, 1.82) is 0 Å². The number of amides is 1. The second-order valence-corrected chi connectivity index (χ2v) is 3.61. The average molecular weight is 263 g/mol. The number of nitrogen functional groups attached to an aromatic ring is 1. The molecule has 2 aromatic rings. The van der Waals surface area contributed by atoms with Crippen molar-refractivity contribution in [3.8, 4) is 11.6 Å². The summed E-state index contributed by atoms with van der Waals surface area (Å²) in [6, 6.07) is 6.64. The van der Waals surface area contributed by atoms with Gasteiger partial charge in [-0.15, -0.1) is 0 Å². The number of ether oxygens (including phenoxy) is 1. The first-order valence-electron chi connectivity index (χ1n) is 5.23. The van der Waals surface area contributed by atoms with Gasteiger partial charge in [0.1, 0.15) is 0 Å². The van der Waals surface area contributed by atoms with Gasteiger partial charge in [-0.1, -0.05) is 0 Å². The van der Waals surface area contributed by atoms with Crippen LogP contribution in [0.2, 0.25) is 0 Å². The van der Waals surface area contributed by atoms with E-state index in [9.17, 15) is 9.18 Å². The van der Waals surface area contributed by atoms with Crippen LogP contribution in [0, 0.1) is 5.82 Å². The van der Waals surface area contributed by atoms with Crippen LogP contribution in [0.1, 0.15) is 0 Å². The molecule has 0 aliphatic heterocycles. The minimum atomic E-state index is -1.25. The maximum Gasteiger partial charge on any atom is 0.409 e. The van der Waals surface area contributed by atoms with Gasteiger partial charge >= 0.3 is 6.09 Å². The maximum absolute atomic E-state index is 13.5. The van der Waals surface area contributed by atoms with Gasteiger partial charge in [0.15, 0.2) is 11.6 Å². The van der Waals surface area contributed by atoms with Crippen molar-refractivity contribution in [1.82, 2.24) is 4.98 Å². The minimum absolute atomic E-state index is 0.136. The number of benzene rings is 1. The van der Waals surface area contributed by atoms with Crippen LogP contribution in [-0.4, -0.2) is 16.2 Å². The highest BCUT2D eigenvalue weighted by molar-refractivity contribution is 5.83. The molecule has 98 valence electrons. The van der Waals surface area contributed by atoms with Crippen molar-refractivity contribution in [2.24, 2.45) is 0 Å². The number of halogens is 1. The SMILES string of the molecule is Nc1ccc(Oc2cc(NC(=O)O)ccc2F)nc1. The Kier molecular flexibility index (Phi) is 3.46. The number of hydrogen-bond acceptors (Lipinski definition) is 4. The number of nitrogens with zero attached hydrogens (tertiary/aromatic N) is 1. The van der Waals surface area contributed by atoms with Crippen LogP contribution < -0.4 is 15.8 Å². The second kappa shape index (κ2) is 5.21. The van der Waals surface area contributed by atoms with E-state index in [0.29, 0.717) is 5.69 Å². The van der Waals surface area contributed by atoms with Crippen molar-refractivity contribution < 1.29 is 19.0 Å². The number of hydrogen-bond donors (Lipinski definition) is 3. The molecule has 0 unspecified atom stereocenters. The molecule has 0 spiro atoms. The average Bonchev–Trinajstić information content (AvgIpc) is 2.35. The summed E-state index contributed by atoms with van der Waals surface area (Å²) in [5.74, 6) is -0.612. The molecule has 2 rings (SSSR count). The Morgan fingerprint density at radius 1 is 1.37 bits per heavy atom. The maximum atomic E-state index is 13.5. The van der Waals surface area contributed by atoms with Crippen LogP contribution in [0.25, 0.3) is 0 Å². The standard InChI is InChI=1S/C12H10FN3O3/c13-9-3-2-8(16-12(17)18)5-10(9)19-11-4-1-7(14)6-15-11/h1-6,16H,14H2,(H,17,18). The number of pyridine rings is 1. The van der Waals surface area contributed by atoms with E-state index in [1.807, 2.05) is 0 Å². The molecule has 0 fully saturated rings. The Balaban J connectivity index is 2.23. The Labute approximate surface area is 107 Å². The molecule has 0 aliphatic carbocycles. The largest absolute Gasteiger partial charge is 0.465 e. The molecule has 0 aliphatic rings. The molecule has 1 heterocycles. The van der Waals surface area contributed by atoms with E-state index < -0.39 is 11.9 Å². The molecular formula is C12H10FN3O3. The summed E-state index contributed by atoms with van der Waals surface area (Å²) in [5.41, 5.74) is 6.11. The second-order valence-electron chi connectivity index (χ2n) is 3.61. The van der Waals surface area contributed by atoms with Crippen molar-refractivity contribution >= 4 is 17.5 Å². The number of nitrogens with one attached hydrogen (secondary N) is 1. The number of aromatic nitrogens is 1. The zero-order valence-corrected chi connectivity index (χ0v) is 9.63. The fraction of sp³-hybridized carbons (Fsp3) is 0. The molecule has 0 saturated heterocycles. The third kappa shape index (κ3) is 3.32. The van der Waals surface area contributed by atoms with E-state index in [1.165, 1.54) is 24.4 Å². The van der Waals surface area contributed by atoms with Crippen molar-refractivity contribution in [3.63, 3.8) is 0 Å². The predicted octanol–water partition coefficient (Wildman–Crippen LogP) is 2.69. The van der Waals surface area contributed by atoms with Gasteiger partial charge < -0.3 is 15.6 Å². The zero-order valence-electron chi connectivity index (χ0n) is 9.63. The number of carbonyl (C=O) groups is 1. The van der Waals surface area contributed by atoms with E-state index in [-0.39, 0.29) is 17.3 Å². The smallest absolute Gasteiger partial charge is 0.409 e. The van der Waals surface area contributed by atoms with E-state index in [4.69, 9.17) is 15.6 Å². The molecule has 1 aromatic heterocycles. The minimum Gasteiger partial charge on any atom is -0.465 e. The van der Waals surface area contributed by atoms with E-state index in [2.05, 4.69) is 10.3 Å². The van der Waals surface area contributed by atoms with Crippen molar-refractivity contribution in [2.75, 3.05) is 11.1 Å². The van der Waals surface area contributed by atoms with Gasteiger partial charge in [0.05, 0.1) is 11.9 Å². The quantitative estimate of drug-likeness (QED) is 0.790. The number of carboxylic acid groups (broad SMARTS) is 1. The number of rotatable bonds is 3. The van der Waals surface area contributed by atoms with Gasteiger partial charge in [0.25, 0.3) is 0 Å².